The Labute approximate surface area is 217 Å². The van der Waals surface area contributed by atoms with Gasteiger partial charge in [0.25, 0.3) is 5.56 Å². The lowest BCUT2D eigenvalue weighted by Crippen LogP contribution is -2.32. The Morgan fingerprint density at radius 2 is 1.86 bits per heavy atom. The summed E-state index contributed by atoms with van der Waals surface area (Å²) in [6, 6.07) is 12.4. The molecule has 11 heteroatoms. The first-order valence-corrected chi connectivity index (χ1v) is 12.0. The number of carbonyl (C=O) groups is 1. The molecule has 2 heterocycles. The number of hydrogen-bond donors (Lipinski definition) is 2. The van der Waals surface area contributed by atoms with Crippen LogP contribution in [0.25, 0.3) is 22.4 Å². The van der Waals surface area contributed by atoms with Crippen molar-refractivity contribution in [3.8, 4) is 17.0 Å². The first kappa shape index (κ1) is 25.4. The fourth-order valence-electron chi connectivity index (χ4n) is 3.53. The first-order valence-electron chi connectivity index (χ1n) is 11.3. The summed E-state index contributed by atoms with van der Waals surface area (Å²) in [6.07, 6.45) is 1.92. The molecule has 2 N–H and O–H groups in total. The lowest BCUT2D eigenvalue weighted by Gasteiger charge is -2.13. The second-order valence-corrected chi connectivity index (χ2v) is 8.67. The van der Waals surface area contributed by atoms with E-state index in [1.165, 1.54) is 4.57 Å². The Morgan fingerprint density at radius 1 is 1.08 bits per heavy atom. The molecular weight excluding hydrogens is 503 g/mol. The van der Waals surface area contributed by atoms with Gasteiger partial charge in [-0.3, -0.25) is 14.2 Å². The average molecular weight is 527 g/mol. The van der Waals surface area contributed by atoms with E-state index in [0.717, 1.165) is 5.56 Å². The lowest BCUT2D eigenvalue weighted by atomic mass is 10.1. The molecule has 0 bridgehead atoms. The van der Waals surface area contributed by atoms with Crippen molar-refractivity contribution >= 4 is 46.2 Å². The molecule has 4 rings (SSSR count). The van der Waals surface area contributed by atoms with Crippen LogP contribution in [-0.4, -0.2) is 39.1 Å². The molecule has 0 fully saturated rings. The van der Waals surface area contributed by atoms with Crippen LogP contribution in [0.5, 0.6) is 5.75 Å². The van der Waals surface area contributed by atoms with Crippen molar-refractivity contribution in [3.05, 3.63) is 74.6 Å². The summed E-state index contributed by atoms with van der Waals surface area (Å²) in [5.74, 6) is 0.886. The summed E-state index contributed by atoms with van der Waals surface area (Å²) >= 11 is 12.1. The van der Waals surface area contributed by atoms with Crippen LogP contribution in [0.3, 0.4) is 0 Å². The molecule has 0 atom stereocenters. The van der Waals surface area contributed by atoms with Gasteiger partial charge in [0.1, 0.15) is 17.0 Å². The Kier molecular flexibility index (Phi) is 8.02. The maximum Gasteiger partial charge on any atom is 0.278 e. The third kappa shape index (κ3) is 5.75. The maximum absolute atomic E-state index is 13.5. The molecule has 0 saturated carbocycles. The molecule has 1 amide bonds. The molecule has 2 aromatic carbocycles. The molecular formula is C25H24Cl2N6O3. The second kappa shape index (κ2) is 11.4. The highest BCUT2D eigenvalue weighted by Gasteiger charge is 2.16. The number of amides is 1. The number of aromatic nitrogens is 4. The van der Waals surface area contributed by atoms with Gasteiger partial charge in [0, 0.05) is 31.6 Å². The van der Waals surface area contributed by atoms with Gasteiger partial charge in [-0.1, -0.05) is 36.2 Å². The fraction of sp³-hybridized carbons (Fsp3) is 0.240. The number of anilines is 1. The number of benzene rings is 2. The van der Waals surface area contributed by atoms with E-state index in [2.05, 4.69) is 25.6 Å². The fourth-order valence-corrected chi connectivity index (χ4v) is 3.85. The summed E-state index contributed by atoms with van der Waals surface area (Å²) in [4.78, 5) is 38.7. The Morgan fingerprint density at radius 3 is 2.56 bits per heavy atom. The second-order valence-electron chi connectivity index (χ2n) is 7.85. The van der Waals surface area contributed by atoms with E-state index in [1.807, 2.05) is 6.07 Å². The maximum atomic E-state index is 13.5. The van der Waals surface area contributed by atoms with Crippen molar-refractivity contribution in [3.63, 3.8) is 0 Å². The highest BCUT2D eigenvalue weighted by Crippen LogP contribution is 2.23. The van der Waals surface area contributed by atoms with Gasteiger partial charge in [-0.05, 0) is 42.0 Å². The van der Waals surface area contributed by atoms with Crippen LogP contribution in [0, 0.1) is 0 Å². The number of methoxy groups -OCH3 is 1. The van der Waals surface area contributed by atoms with Crippen LogP contribution < -0.4 is 20.9 Å². The van der Waals surface area contributed by atoms with Crippen LogP contribution in [0.2, 0.25) is 10.0 Å². The van der Waals surface area contributed by atoms with Gasteiger partial charge in [-0.25, -0.2) is 9.97 Å². The summed E-state index contributed by atoms with van der Waals surface area (Å²) in [5.41, 5.74) is 2.26. The van der Waals surface area contributed by atoms with E-state index in [0.29, 0.717) is 51.4 Å². The highest BCUT2D eigenvalue weighted by molar-refractivity contribution is 6.42. The molecule has 0 unspecified atom stereocenters. The number of rotatable bonds is 9. The zero-order valence-electron chi connectivity index (χ0n) is 19.7. The van der Waals surface area contributed by atoms with Gasteiger partial charge in [0.05, 0.1) is 23.4 Å². The Balaban J connectivity index is 1.70. The number of hydrogen-bond acceptors (Lipinski definition) is 7. The number of nitrogens with zero attached hydrogens (tertiary/aromatic N) is 4. The topological polar surface area (TPSA) is 111 Å². The average Bonchev–Trinajstić information content (AvgIpc) is 2.90. The summed E-state index contributed by atoms with van der Waals surface area (Å²) < 4.78 is 6.71. The van der Waals surface area contributed by atoms with Gasteiger partial charge >= 0.3 is 0 Å². The quantitative estimate of drug-likeness (QED) is 0.334. The van der Waals surface area contributed by atoms with Crippen LogP contribution in [0.15, 0.2) is 53.5 Å². The molecule has 0 radical (unpaired) electrons. The van der Waals surface area contributed by atoms with Crippen molar-refractivity contribution in [1.29, 1.82) is 0 Å². The highest BCUT2D eigenvalue weighted by atomic mass is 35.5. The van der Waals surface area contributed by atoms with Gasteiger partial charge in [-0.2, -0.15) is 4.98 Å². The van der Waals surface area contributed by atoms with Crippen molar-refractivity contribution in [1.82, 2.24) is 24.8 Å². The van der Waals surface area contributed by atoms with E-state index < -0.39 is 0 Å². The predicted molar refractivity (Wildman–Crippen MR) is 141 cm³/mol. The van der Waals surface area contributed by atoms with Crippen LogP contribution >= 0.6 is 23.2 Å². The molecule has 0 aliphatic carbocycles. The normalized spacial score (nSPS) is 10.9. The zero-order valence-corrected chi connectivity index (χ0v) is 21.2. The van der Waals surface area contributed by atoms with Crippen LogP contribution in [0.4, 0.5) is 5.95 Å². The first-order chi connectivity index (χ1) is 17.4. The molecule has 2 aromatic heterocycles. The molecule has 4 aromatic rings. The number of fused-ring (bicyclic) bond motifs is 1. The molecule has 0 spiro atoms. The SMILES string of the molecule is CCC(=O)NCCn1c(=O)c(-c2ccc(OC)cc2)nc2cnc(NCc3ccc(Cl)c(Cl)c3)nc21. The molecule has 36 heavy (non-hydrogen) atoms. The van der Waals surface area contributed by atoms with Gasteiger partial charge in [0.2, 0.25) is 11.9 Å². The molecule has 0 aliphatic heterocycles. The Hall–Kier alpha value is -3.69. The standard InChI is InChI=1S/C25H24Cl2N6O3/c1-3-21(34)28-10-11-33-23-20(31-22(24(33)35)16-5-7-17(36-2)8-6-16)14-30-25(32-23)29-13-15-4-9-18(26)19(27)12-15/h4-9,12,14H,3,10-11,13H2,1-2H3,(H,28,34)(H,29,30,32). The number of nitrogens with one attached hydrogen (secondary N) is 2. The zero-order chi connectivity index (χ0) is 25.7. The van der Waals surface area contributed by atoms with E-state index in [-0.39, 0.29) is 30.2 Å². The van der Waals surface area contributed by atoms with Crippen molar-refractivity contribution in [2.45, 2.75) is 26.4 Å². The Bertz CT molecular complexity index is 1460. The third-order valence-electron chi connectivity index (χ3n) is 5.46. The summed E-state index contributed by atoms with van der Waals surface area (Å²) in [5, 5.41) is 6.86. The van der Waals surface area contributed by atoms with E-state index >= 15 is 0 Å². The largest absolute Gasteiger partial charge is 0.497 e. The number of ether oxygens (including phenoxy) is 1. The minimum atomic E-state index is -0.326. The van der Waals surface area contributed by atoms with Gasteiger partial charge in [0.15, 0.2) is 5.65 Å². The number of carbonyl (C=O) groups excluding carboxylic acids is 1. The minimum absolute atomic E-state index is 0.101. The lowest BCUT2D eigenvalue weighted by molar-refractivity contribution is -0.120. The van der Waals surface area contributed by atoms with Crippen molar-refractivity contribution in [2.24, 2.45) is 0 Å². The minimum Gasteiger partial charge on any atom is -0.497 e. The van der Waals surface area contributed by atoms with Crippen LogP contribution in [-0.2, 0) is 17.9 Å². The number of halogens is 2. The molecule has 186 valence electrons. The molecule has 0 saturated heterocycles. The predicted octanol–water partition coefficient (Wildman–Crippen LogP) is 4.31. The van der Waals surface area contributed by atoms with E-state index in [9.17, 15) is 9.59 Å². The van der Waals surface area contributed by atoms with E-state index in [4.69, 9.17) is 27.9 Å². The van der Waals surface area contributed by atoms with E-state index in [1.54, 1.807) is 56.6 Å². The van der Waals surface area contributed by atoms with Crippen LogP contribution in [0.1, 0.15) is 18.9 Å². The van der Waals surface area contributed by atoms with Gasteiger partial charge < -0.3 is 15.4 Å². The van der Waals surface area contributed by atoms with Crippen molar-refractivity contribution < 1.29 is 9.53 Å². The molecule has 9 nitrogen and oxygen atoms in total. The smallest absolute Gasteiger partial charge is 0.278 e. The summed E-state index contributed by atoms with van der Waals surface area (Å²) in [6.45, 7) is 2.65. The molecule has 0 aliphatic rings. The third-order valence-corrected chi connectivity index (χ3v) is 6.20. The monoisotopic (exact) mass is 526 g/mol. The van der Waals surface area contributed by atoms with Gasteiger partial charge in [-0.15, -0.1) is 0 Å². The summed E-state index contributed by atoms with van der Waals surface area (Å²) in [7, 11) is 1.57. The van der Waals surface area contributed by atoms with Crippen molar-refractivity contribution in [2.75, 3.05) is 19.0 Å².